The zero-order chi connectivity index (χ0) is 10.8. The van der Waals surface area contributed by atoms with Crippen LogP contribution in [0.25, 0.3) is 11.3 Å². The summed E-state index contributed by atoms with van der Waals surface area (Å²) >= 11 is 3.20. The van der Waals surface area contributed by atoms with Crippen LogP contribution < -0.4 is 0 Å². The van der Waals surface area contributed by atoms with Crippen molar-refractivity contribution in [1.82, 2.24) is 4.98 Å². The average molecular weight is 267 g/mol. The first-order chi connectivity index (χ1) is 7.22. The maximum Gasteiger partial charge on any atom is 0.181 e. The first kappa shape index (κ1) is 9.87. The van der Waals surface area contributed by atoms with Crippen molar-refractivity contribution in [2.24, 2.45) is 0 Å². The van der Waals surface area contributed by atoms with E-state index in [2.05, 4.69) is 20.9 Å². The van der Waals surface area contributed by atoms with Crippen molar-refractivity contribution in [3.8, 4) is 17.3 Å². The molecule has 0 saturated heterocycles. The molecule has 0 amide bonds. The van der Waals surface area contributed by atoms with Crippen LogP contribution in [0.4, 0.5) is 4.39 Å². The molecule has 0 spiro atoms. The number of aromatic nitrogens is 1. The molecule has 0 aliphatic rings. The molecule has 0 aliphatic carbocycles. The Bertz CT molecular complexity index is 531. The molecule has 5 heteroatoms. The third kappa shape index (κ3) is 1.76. The molecule has 0 unspecified atom stereocenters. The van der Waals surface area contributed by atoms with E-state index < -0.39 is 5.82 Å². The van der Waals surface area contributed by atoms with Crippen molar-refractivity contribution < 1.29 is 8.81 Å². The predicted molar refractivity (Wildman–Crippen MR) is 54.3 cm³/mol. The Morgan fingerprint density at radius 3 is 2.87 bits per heavy atom. The van der Waals surface area contributed by atoms with Crippen LogP contribution in [0.5, 0.6) is 0 Å². The molecule has 0 aliphatic heterocycles. The number of hydrogen-bond donors (Lipinski definition) is 0. The van der Waals surface area contributed by atoms with Gasteiger partial charge in [-0.15, -0.1) is 0 Å². The maximum atomic E-state index is 13.7. The average Bonchev–Trinajstić information content (AvgIpc) is 2.74. The Labute approximate surface area is 93.3 Å². The maximum absolute atomic E-state index is 13.7. The third-order valence-electron chi connectivity index (χ3n) is 1.87. The molecule has 1 aromatic heterocycles. The second kappa shape index (κ2) is 3.83. The van der Waals surface area contributed by atoms with Gasteiger partial charge in [0.2, 0.25) is 0 Å². The van der Waals surface area contributed by atoms with Gasteiger partial charge >= 0.3 is 0 Å². The van der Waals surface area contributed by atoms with Gasteiger partial charge < -0.3 is 4.42 Å². The summed E-state index contributed by atoms with van der Waals surface area (Å²) in [6, 6.07) is 4.74. The summed E-state index contributed by atoms with van der Waals surface area (Å²) in [5.74, 6) is -0.588. The summed E-state index contributed by atoms with van der Waals surface area (Å²) in [6.45, 7) is 0. The minimum atomic E-state index is -0.588. The lowest BCUT2D eigenvalue weighted by atomic mass is 10.1. The molecule has 3 nitrogen and oxygen atoms in total. The van der Waals surface area contributed by atoms with Crippen molar-refractivity contribution in [1.29, 1.82) is 5.26 Å². The minimum absolute atomic E-state index is 0.0256. The van der Waals surface area contributed by atoms with Crippen molar-refractivity contribution in [3.63, 3.8) is 0 Å². The summed E-state index contributed by atoms with van der Waals surface area (Å²) in [7, 11) is 0. The second-order valence-corrected chi connectivity index (χ2v) is 3.72. The Hall–Kier alpha value is -1.67. The van der Waals surface area contributed by atoms with E-state index >= 15 is 0 Å². The van der Waals surface area contributed by atoms with E-state index in [0.29, 0.717) is 10.2 Å². The number of oxazole rings is 1. The minimum Gasteiger partial charge on any atom is -0.451 e. The zero-order valence-corrected chi connectivity index (χ0v) is 8.95. The van der Waals surface area contributed by atoms with Gasteiger partial charge in [0.05, 0.1) is 5.56 Å². The van der Waals surface area contributed by atoms with Crippen molar-refractivity contribution >= 4 is 15.9 Å². The lowest BCUT2D eigenvalue weighted by Gasteiger charge is -2.01. The van der Waals surface area contributed by atoms with Gasteiger partial charge in [0.15, 0.2) is 12.2 Å². The van der Waals surface area contributed by atoms with E-state index in [1.807, 2.05) is 0 Å². The van der Waals surface area contributed by atoms with Crippen LogP contribution in [0.2, 0.25) is 0 Å². The van der Waals surface area contributed by atoms with Crippen LogP contribution in [-0.4, -0.2) is 4.98 Å². The van der Waals surface area contributed by atoms with Gasteiger partial charge in [-0.3, -0.25) is 0 Å². The Morgan fingerprint density at radius 1 is 1.47 bits per heavy atom. The molecule has 0 radical (unpaired) electrons. The van der Waals surface area contributed by atoms with E-state index in [9.17, 15) is 4.39 Å². The highest BCUT2D eigenvalue weighted by Crippen LogP contribution is 2.27. The monoisotopic (exact) mass is 266 g/mol. The standard InChI is InChI=1S/C10H4BrFN2O/c11-7-1-6(3-13)10(12)8(2-7)9-4-15-5-14-9/h1-2,4-5H. The van der Waals surface area contributed by atoms with Crippen LogP contribution in [0, 0.1) is 17.1 Å². The van der Waals surface area contributed by atoms with Gasteiger partial charge in [-0.05, 0) is 12.1 Å². The Balaban J connectivity index is 2.68. The fourth-order valence-electron chi connectivity index (χ4n) is 1.20. The van der Waals surface area contributed by atoms with Crippen LogP contribution in [-0.2, 0) is 0 Å². The summed E-state index contributed by atoms with van der Waals surface area (Å²) in [5.41, 5.74) is 0.586. The number of nitriles is 1. The van der Waals surface area contributed by atoms with Gasteiger partial charge in [-0.2, -0.15) is 5.26 Å². The van der Waals surface area contributed by atoms with E-state index in [-0.39, 0.29) is 11.1 Å². The molecule has 0 bridgehead atoms. The zero-order valence-electron chi connectivity index (χ0n) is 7.37. The van der Waals surface area contributed by atoms with Crippen LogP contribution in [0.15, 0.2) is 33.7 Å². The molecule has 1 heterocycles. The predicted octanol–water partition coefficient (Wildman–Crippen LogP) is 3.11. The fraction of sp³-hybridized carbons (Fsp3) is 0. The van der Waals surface area contributed by atoms with Crippen molar-refractivity contribution in [3.05, 3.63) is 40.6 Å². The highest BCUT2D eigenvalue weighted by molar-refractivity contribution is 9.10. The molecule has 0 atom stereocenters. The number of nitrogens with zero attached hydrogens (tertiary/aromatic N) is 2. The molecule has 1 aromatic carbocycles. The van der Waals surface area contributed by atoms with Crippen LogP contribution >= 0.6 is 15.9 Å². The fourth-order valence-corrected chi connectivity index (χ4v) is 1.66. The van der Waals surface area contributed by atoms with Gasteiger partial charge in [0.25, 0.3) is 0 Å². The summed E-state index contributed by atoms with van der Waals surface area (Å²) in [4.78, 5) is 3.83. The van der Waals surface area contributed by atoms with Gasteiger partial charge in [-0.1, -0.05) is 15.9 Å². The Morgan fingerprint density at radius 2 is 2.27 bits per heavy atom. The molecule has 74 valence electrons. The summed E-state index contributed by atoms with van der Waals surface area (Å²) < 4.78 is 19.1. The number of halogens is 2. The molecule has 0 saturated carbocycles. The van der Waals surface area contributed by atoms with Crippen molar-refractivity contribution in [2.75, 3.05) is 0 Å². The number of hydrogen-bond acceptors (Lipinski definition) is 3. The molecule has 0 N–H and O–H groups in total. The van der Waals surface area contributed by atoms with E-state index in [1.54, 1.807) is 12.1 Å². The molecule has 2 rings (SSSR count). The largest absolute Gasteiger partial charge is 0.451 e. The highest BCUT2D eigenvalue weighted by Gasteiger charge is 2.13. The number of rotatable bonds is 1. The second-order valence-electron chi connectivity index (χ2n) is 2.80. The van der Waals surface area contributed by atoms with E-state index in [4.69, 9.17) is 9.68 Å². The van der Waals surface area contributed by atoms with E-state index in [0.717, 1.165) is 0 Å². The normalized spacial score (nSPS) is 9.93. The summed E-state index contributed by atoms with van der Waals surface area (Å²) in [6.07, 6.45) is 2.54. The Kier molecular flexibility index (Phi) is 2.52. The van der Waals surface area contributed by atoms with E-state index in [1.165, 1.54) is 18.7 Å². The molecule has 0 fully saturated rings. The topological polar surface area (TPSA) is 49.8 Å². The highest BCUT2D eigenvalue weighted by atomic mass is 79.9. The first-order valence-corrected chi connectivity index (χ1v) is 4.79. The molecular weight excluding hydrogens is 263 g/mol. The molecular formula is C10H4BrFN2O. The smallest absolute Gasteiger partial charge is 0.181 e. The summed E-state index contributed by atoms with van der Waals surface area (Å²) in [5, 5.41) is 8.71. The first-order valence-electron chi connectivity index (χ1n) is 4.00. The van der Waals surface area contributed by atoms with Gasteiger partial charge in [-0.25, -0.2) is 9.37 Å². The third-order valence-corrected chi connectivity index (χ3v) is 2.32. The van der Waals surface area contributed by atoms with Crippen molar-refractivity contribution in [2.45, 2.75) is 0 Å². The lowest BCUT2D eigenvalue weighted by molar-refractivity contribution is 0.558. The lowest BCUT2D eigenvalue weighted by Crippen LogP contribution is -1.90. The molecule has 15 heavy (non-hydrogen) atoms. The quantitative estimate of drug-likeness (QED) is 0.797. The number of benzene rings is 1. The molecule has 2 aromatic rings. The SMILES string of the molecule is N#Cc1cc(Br)cc(-c2cocn2)c1F. The van der Waals surface area contributed by atoms with Crippen LogP contribution in [0.3, 0.4) is 0 Å². The van der Waals surface area contributed by atoms with Crippen LogP contribution in [0.1, 0.15) is 5.56 Å². The van der Waals surface area contributed by atoms with Gasteiger partial charge in [0, 0.05) is 10.0 Å². The van der Waals surface area contributed by atoms with Gasteiger partial charge in [0.1, 0.15) is 18.0 Å².